The summed E-state index contributed by atoms with van der Waals surface area (Å²) in [5.41, 5.74) is 0.896. The molecule has 1 aromatic carbocycles. The summed E-state index contributed by atoms with van der Waals surface area (Å²) in [5, 5.41) is 0. The van der Waals surface area contributed by atoms with E-state index in [-0.39, 0.29) is 5.56 Å². The van der Waals surface area contributed by atoms with Crippen molar-refractivity contribution in [1.82, 2.24) is 4.90 Å². The fourth-order valence-corrected chi connectivity index (χ4v) is 2.21. The Balaban J connectivity index is 2.26. The van der Waals surface area contributed by atoms with Crippen molar-refractivity contribution in [2.45, 2.75) is 6.42 Å². The summed E-state index contributed by atoms with van der Waals surface area (Å²) in [6.07, 6.45) is 1.64. The monoisotopic (exact) mass is 236 g/mol. The van der Waals surface area contributed by atoms with Gasteiger partial charge < -0.3 is 9.80 Å². The molecule has 0 aliphatic carbocycles. The molecule has 4 heteroatoms. The molecule has 0 radical (unpaired) electrons. The molecule has 1 aliphatic heterocycles. The van der Waals surface area contributed by atoms with Crippen LogP contribution in [0.5, 0.6) is 0 Å². The first-order valence-corrected chi connectivity index (χ1v) is 5.89. The van der Waals surface area contributed by atoms with Crippen molar-refractivity contribution in [2.24, 2.45) is 0 Å². The number of aldehydes is 1. The normalized spacial score (nSPS) is 17.9. The number of carbonyl (C=O) groups excluding carboxylic acids is 1. The molecule has 0 N–H and O–H groups in total. The van der Waals surface area contributed by atoms with Crippen LogP contribution >= 0.6 is 0 Å². The zero-order chi connectivity index (χ0) is 12.3. The molecule has 0 saturated carbocycles. The summed E-state index contributed by atoms with van der Waals surface area (Å²) in [6.45, 7) is 3.69. The van der Waals surface area contributed by atoms with Crippen LogP contribution in [0, 0.1) is 5.82 Å². The first-order chi connectivity index (χ1) is 8.22. The predicted molar refractivity (Wildman–Crippen MR) is 66.1 cm³/mol. The lowest BCUT2D eigenvalue weighted by molar-refractivity contribution is 0.112. The number of hydrogen-bond donors (Lipinski definition) is 0. The van der Waals surface area contributed by atoms with Gasteiger partial charge in [-0.3, -0.25) is 4.79 Å². The van der Waals surface area contributed by atoms with E-state index in [0.29, 0.717) is 6.29 Å². The standard InChI is InChI=1S/C13H17FN2O/c1-15-6-3-7-16(9-8-15)13-5-2-4-12(14)11(13)10-17/h2,4-5,10H,3,6-9H2,1H3. The van der Waals surface area contributed by atoms with Crippen molar-refractivity contribution in [1.29, 1.82) is 0 Å². The lowest BCUT2D eigenvalue weighted by Crippen LogP contribution is -2.29. The van der Waals surface area contributed by atoms with Crippen LogP contribution in [0.3, 0.4) is 0 Å². The molecule has 0 unspecified atom stereocenters. The summed E-state index contributed by atoms with van der Waals surface area (Å²) in [6, 6.07) is 4.81. The van der Waals surface area contributed by atoms with Crippen LogP contribution in [0.4, 0.5) is 10.1 Å². The number of carbonyl (C=O) groups is 1. The first kappa shape index (κ1) is 12.0. The SMILES string of the molecule is CN1CCCN(c2cccc(F)c2C=O)CC1. The van der Waals surface area contributed by atoms with Gasteiger partial charge in [0.15, 0.2) is 6.29 Å². The highest BCUT2D eigenvalue weighted by atomic mass is 19.1. The molecule has 1 aliphatic rings. The second kappa shape index (κ2) is 5.27. The zero-order valence-corrected chi connectivity index (χ0v) is 10.0. The largest absolute Gasteiger partial charge is 0.370 e. The molecule has 0 bridgehead atoms. The van der Waals surface area contributed by atoms with Gasteiger partial charge >= 0.3 is 0 Å². The van der Waals surface area contributed by atoms with E-state index in [0.717, 1.165) is 38.3 Å². The third-order valence-electron chi connectivity index (χ3n) is 3.21. The van der Waals surface area contributed by atoms with E-state index in [1.807, 2.05) is 6.07 Å². The Morgan fingerprint density at radius 1 is 1.24 bits per heavy atom. The number of nitrogens with zero attached hydrogens (tertiary/aromatic N) is 2. The maximum Gasteiger partial charge on any atom is 0.155 e. The fourth-order valence-electron chi connectivity index (χ4n) is 2.21. The van der Waals surface area contributed by atoms with Gasteiger partial charge in [0.05, 0.1) is 11.3 Å². The smallest absolute Gasteiger partial charge is 0.155 e. The van der Waals surface area contributed by atoms with Gasteiger partial charge in [0.2, 0.25) is 0 Å². The van der Waals surface area contributed by atoms with Crippen LogP contribution in [-0.2, 0) is 0 Å². The highest BCUT2D eigenvalue weighted by Gasteiger charge is 2.17. The van der Waals surface area contributed by atoms with Crippen molar-refractivity contribution in [3.05, 3.63) is 29.6 Å². The van der Waals surface area contributed by atoms with Crippen LogP contribution < -0.4 is 4.90 Å². The Bertz CT molecular complexity index is 408. The summed E-state index contributed by atoms with van der Waals surface area (Å²) in [4.78, 5) is 15.3. The summed E-state index contributed by atoms with van der Waals surface area (Å²) >= 11 is 0. The van der Waals surface area contributed by atoms with Crippen molar-refractivity contribution in [3.8, 4) is 0 Å². The third kappa shape index (κ3) is 2.64. The molecule has 0 spiro atoms. The van der Waals surface area contributed by atoms with Gasteiger partial charge in [0.1, 0.15) is 5.82 Å². The van der Waals surface area contributed by atoms with E-state index < -0.39 is 5.82 Å². The van der Waals surface area contributed by atoms with Crippen LogP contribution in [0.25, 0.3) is 0 Å². The van der Waals surface area contributed by atoms with E-state index >= 15 is 0 Å². The van der Waals surface area contributed by atoms with Gasteiger partial charge in [0.25, 0.3) is 0 Å². The maximum atomic E-state index is 13.5. The third-order valence-corrected chi connectivity index (χ3v) is 3.21. The first-order valence-electron chi connectivity index (χ1n) is 5.89. The Hall–Kier alpha value is -1.42. The van der Waals surface area contributed by atoms with Gasteiger partial charge in [-0.15, -0.1) is 0 Å². The van der Waals surface area contributed by atoms with E-state index in [1.54, 1.807) is 6.07 Å². The number of benzene rings is 1. The molecule has 17 heavy (non-hydrogen) atoms. The van der Waals surface area contributed by atoms with Crippen molar-refractivity contribution in [2.75, 3.05) is 38.1 Å². The van der Waals surface area contributed by atoms with Crippen LogP contribution in [-0.4, -0.2) is 44.4 Å². The van der Waals surface area contributed by atoms with Crippen molar-refractivity contribution in [3.63, 3.8) is 0 Å². The molecule has 2 rings (SSSR count). The summed E-state index contributed by atoms with van der Waals surface area (Å²) in [7, 11) is 2.08. The molecule has 92 valence electrons. The van der Waals surface area contributed by atoms with E-state index in [1.165, 1.54) is 6.07 Å². The molecule has 1 heterocycles. The Kier molecular flexibility index (Phi) is 3.74. The molecular formula is C13H17FN2O. The highest BCUT2D eigenvalue weighted by Crippen LogP contribution is 2.22. The Morgan fingerprint density at radius 2 is 2.06 bits per heavy atom. The molecule has 1 saturated heterocycles. The minimum Gasteiger partial charge on any atom is -0.370 e. The molecule has 0 atom stereocenters. The van der Waals surface area contributed by atoms with Gasteiger partial charge in [-0.25, -0.2) is 4.39 Å². The van der Waals surface area contributed by atoms with Crippen LogP contribution in [0.2, 0.25) is 0 Å². The molecule has 0 aromatic heterocycles. The van der Waals surface area contributed by atoms with E-state index in [9.17, 15) is 9.18 Å². The summed E-state index contributed by atoms with van der Waals surface area (Å²) < 4.78 is 13.5. The maximum absolute atomic E-state index is 13.5. The van der Waals surface area contributed by atoms with Gasteiger partial charge in [-0.1, -0.05) is 6.07 Å². The molecule has 1 fully saturated rings. The molecule has 3 nitrogen and oxygen atoms in total. The lowest BCUT2D eigenvalue weighted by Gasteiger charge is -2.24. The average molecular weight is 236 g/mol. The second-order valence-corrected chi connectivity index (χ2v) is 4.43. The van der Waals surface area contributed by atoms with Crippen LogP contribution in [0.15, 0.2) is 18.2 Å². The summed E-state index contributed by atoms with van der Waals surface area (Å²) in [5.74, 6) is -0.435. The lowest BCUT2D eigenvalue weighted by atomic mass is 10.1. The number of hydrogen-bond acceptors (Lipinski definition) is 3. The molecule has 1 aromatic rings. The minimum atomic E-state index is -0.435. The van der Waals surface area contributed by atoms with E-state index in [4.69, 9.17) is 0 Å². The number of halogens is 1. The van der Waals surface area contributed by atoms with E-state index in [2.05, 4.69) is 16.8 Å². The Labute approximate surface area is 101 Å². The Morgan fingerprint density at radius 3 is 2.82 bits per heavy atom. The second-order valence-electron chi connectivity index (χ2n) is 4.43. The number of likely N-dealkylation sites (N-methyl/N-ethyl adjacent to an activating group) is 1. The topological polar surface area (TPSA) is 23.6 Å². The minimum absolute atomic E-state index is 0.178. The predicted octanol–water partition coefficient (Wildman–Crippen LogP) is 1.78. The van der Waals surface area contributed by atoms with Gasteiger partial charge in [0, 0.05) is 19.6 Å². The molecular weight excluding hydrogens is 219 g/mol. The average Bonchev–Trinajstić information content (AvgIpc) is 2.54. The quantitative estimate of drug-likeness (QED) is 0.731. The van der Waals surface area contributed by atoms with Crippen LogP contribution in [0.1, 0.15) is 16.8 Å². The van der Waals surface area contributed by atoms with Gasteiger partial charge in [-0.05, 0) is 32.1 Å². The number of anilines is 1. The highest BCUT2D eigenvalue weighted by molar-refractivity contribution is 5.85. The van der Waals surface area contributed by atoms with Crippen molar-refractivity contribution < 1.29 is 9.18 Å². The number of rotatable bonds is 2. The fraction of sp³-hybridized carbons (Fsp3) is 0.462. The molecule has 0 amide bonds. The van der Waals surface area contributed by atoms with Crippen molar-refractivity contribution >= 4 is 12.0 Å². The zero-order valence-electron chi connectivity index (χ0n) is 10.0. The van der Waals surface area contributed by atoms with Gasteiger partial charge in [-0.2, -0.15) is 0 Å².